The second kappa shape index (κ2) is 8.73. The Morgan fingerprint density at radius 1 is 1.03 bits per heavy atom. The molecule has 1 atom stereocenters. The lowest BCUT2D eigenvalue weighted by Crippen LogP contribution is -2.48. The molecule has 7 nitrogen and oxygen atoms in total. The van der Waals surface area contributed by atoms with Crippen molar-refractivity contribution in [1.29, 1.82) is 0 Å². The number of aromatic nitrogens is 4. The molecule has 0 bridgehead atoms. The van der Waals surface area contributed by atoms with Crippen LogP contribution in [-0.4, -0.2) is 58.4 Å². The lowest BCUT2D eigenvalue weighted by atomic mass is 10.1. The molecule has 158 valence electrons. The molecule has 3 heterocycles. The topological polar surface area (TPSA) is 59.3 Å². The molecule has 0 amide bonds. The molecule has 5 rings (SSSR count). The maximum atomic E-state index is 5.29. The summed E-state index contributed by atoms with van der Waals surface area (Å²) in [6.45, 7) is 3.93. The number of piperazine rings is 1. The van der Waals surface area contributed by atoms with Gasteiger partial charge in [0, 0.05) is 36.7 Å². The molecule has 2 aliphatic rings. The number of hydrogen-bond acceptors (Lipinski definition) is 7. The molecule has 0 unspecified atom stereocenters. The second-order valence-corrected chi connectivity index (χ2v) is 9.04. The summed E-state index contributed by atoms with van der Waals surface area (Å²) in [5.74, 6) is 1.90. The zero-order valence-electron chi connectivity index (χ0n) is 17.4. The fraction of sp³-hybridized carbons (Fsp3) is 0.500. The predicted molar refractivity (Wildman–Crippen MR) is 118 cm³/mol. The molecule has 0 N–H and O–H groups in total. The first-order valence-electron chi connectivity index (χ1n) is 10.8. The maximum absolute atomic E-state index is 5.29. The molecule has 1 saturated carbocycles. The van der Waals surface area contributed by atoms with Crippen molar-refractivity contribution in [1.82, 2.24) is 25.1 Å². The summed E-state index contributed by atoms with van der Waals surface area (Å²) in [4.78, 5) is 6.31. The highest BCUT2D eigenvalue weighted by atomic mass is 32.1. The van der Waals surface area contributed by atoms with Crippen molar-refractivity contribution in [2.24, 2.45) is 0 Å². The number of rotatable bonds is 6. The van der Waals surface area contributed by atoms with E-state index >= 15 is 0 Å². The summed E-state index contributed by atoms with van der Waals surface area (Å²) in [5.41, 5.74) is 1.25. The molecule has 0 radical (unpaired) electrons. The van der Waals surface area contributed by atoms with Gasteiger partial charge >= 0.3 is 0 Å². The van der Waals surface area contributed by atoms with Crippen LogP contribution in [0.3, 0.4) is 0 Å². The monoisotopic (exact) mass is 424 g/mol. The lowest BCUT2D eigenvalue weighted by molar-refractivity contribution is 0.200. The Balaban J connectivity index is 1.36. The highest BCUT2D eigenvalue weighted by molar-refractivity contribution is 7.10. The molecule has 2 fully saturated rings. The zero-order valence-corrected chi connectivity index (χ0v) is 18.2. The van der Waals surface area contributed by atoms with Crippen molar-refractivity contribution in [3.05, 3.63) is 52.5 Å². The van der Waals surface area contributed by atoms with Crippen molar-refractivity contribution >= 4 is 17.0 Å². The van der Waals surface area contributed by atoms with Gasteiger partial charge in [-0.3, -0.25) is 4.90 Å². The number of thiophene rings is 1. The fourth-order valence-corrected chi connectivity index (χ4v) is 5.59. The van der Waals surface area contributed by atoms with Crippen LogP contribution in [0, 0.1) is 0 Å². The van der Waals surface area contributed by atoms with Gasteiger partial charge in [-0.2, -0.15) is 0 Å². The van der Waals surface area contributed by atoms with Crippen molar-refractivity contribution < 1.29 is 4.74 Å². The number of benzene rings is 1. The molecule has 8 heteroatoms. The van der Waals surface area contributed by atoms with Crippen LogP contribution in [0.1, 0.15) is 48.5 Å². The van der Waals surface area contributed by atoms with Crippen LogP contribution in [0.2, 0.25) is 0 Å². The third-order valence-corrected chi connectivity index (χ3v) is 7.29. The van der Waals surface area contributed by atoms with Crippen LogP contribution in [0.4, 0.5) is 5.69 Å². The van der Waals surface area contributed by atoms with Crippen LogP contribution >= 0.6 is 11.3 Å². The van der Waals surface area contributed by atoms with Crippen LogP contribution in [0.25, 0.3) is 0 Å². The van der Waals surface area contributed by atoms with Gasteiger partial charge in [0.05, 0.1) is 13.2 Å². The van der Waals surface area contributed by atoms with Crippen LogP contribution in [0.5, 0.6) is 5.75 Å². The summed E-state index contributed by atoms with van der Waals surface area (Å²) >= 11 is 1.80. The Kier molecular flexibility index (Phi) is 5.68. The molecule has 1 saturated heterocycles. The van der Waals surface area contributed by atoms with E-state index < -0.39 is 0 Å². The number of hydrogen-bond donors (Lipinski definition) is 0. The number of ether oxygens (including phenoxy) is 1. The van der Waals surface area contributed by atoms with Gasteiger partial charge in [-0.25, -0.2) is 4.68 Å². The quantitative estimate of drug-likeness (QED) is 0.600. The number of tetrazole rings is 1. The van der Waals surface area contributed by atoms with Gasteiger partial charge in [0.1, 0.15) is 11.8 Å². The summed E-state index contributed by atoms with van der Waals surface area (Å²) in [6.07, 6.45) is 4.91. The van der Waals surface area contributed by atoms with Gasteiger partial charge in [0.2, 0.25) is 0 Å². The Morgan fingerprint density at radius 3 is 2.47 bits per heavy atom. The first-order valence-corrected chi connectivity index (χ1v) is 11.7. The first-order chi connectivity index (χ1) is 14.8. The largest absolute Gasteiger partial charge is 0.497 e. The lowest BCUT2D eigenvalue weighted by Gasteiger charge is -2.39. The standard InChI is InChI=1S/C22H28N6OS/c1-29-19-10-8-17(9-11-19)26-12-14-27(15-13-26)21(20-7-4-16-30-20)22-23-24-25-28(22)18-5-2-3-6-18/h4,7-11,16,18,21H,2-3,5-6,12-15H2,1H3/t21-/m1/s1. The van der Waals surface area contributed by atoms with E-state index in [1.807, 2.05) is 12.1 Å². The van der Waals surface area contributed by atoms with Crippen molar-refractivity contribution in [2.75, 3.05) is 38.2 Å². The van der Waals surface area contributed by atoms with Crippen molar-refractivity contribution in [3.8, 4) is 5.75 Å². The Labute approximate surface area is 181 Å². The van der Waals surface area contributed by atoms with Gasteiger partial charge in [0.15, 0.2) is 5.82 Å². The molecular weight excluding hydrogens is 396 g/mol. The highest BCUT2D eigenvalue weighted by Gasteiger charge is 2.33. The van der Waals surface area contributed by atoms with E-state index in [2.05, 4.69) is 59.7 Å². The SMILES string of the molecule is COc1ccc(N2CCN([C@H](c3cccs3)c3nnnn3C3CCCC3)CC2)cc1. The number of methoxy groups -OCH3 is 1. The van der Waals surface area contributed by atoms with Gasteiger partial charge in [-0.1, -0.05) is 18.9 Å². The minimum absolute atomic E-state index is 0.124. The average Bonchev–Trinajstić information content (AvgIpc) is 3.57. The van der Waals surface area contributed by atoms with E-state index in [0.29, 0.717) is 6.04 Å². The van der Waals surface area contributed by atoms with Gasteiger partial charge < -0.3 is 9.64 Å². The Hall–Kier alpha value is -2.45. The van der Waals surface area contributed by atoms with Crippen LogP contribution < -0.4 is 9.64 Å². The molecule has 2 aromatic heterocycles. The Bertz CT molecular complexity index is 927. The van der Waals surface area contributed by atoms with Gasteiger partial charge in [0.25, 0.3) is 0 Å². The summed E-state index contributed by atoms with van der Waals surface area (Å²) in [6, 6.07) is 13.3. The van der Waals surface area contributed by atoms with E-state index in [0.717, 1.165) is 37.8 Å². The van der Waals surface area contributed by atoms with Crippen LogP contribution in [-0.2, 0) is 0 Å². The molecule has 1 aliphatic heterocycles. The molecule has 1 aromatic carbocycles. The van der Waals surface area contributed by atoms with Crippen molar-refractivity contribution in [2.45, 2.75) is 37.8 Å². The summed E-state index contributed by atoms with van der Waals surface area (Å²) in [7, 11) is 1.71. The van der Waals surface area contributed by atoms with E-state index in [4.69, 9.17) is 4.74 Å². The second-order valence-electron chi connectivity index (χ2n) is 8.06. The van der Waals surface area contributed by atoms with Gasteiger partial charge in [-0.15, -0.1) is 16.4 Å². The van der Waals surface area contributed by atoms with E-state index in [-0.39, 0.29) is 6.04 Å². The first kappa shape index (κ1) is 19.5. The minimum atomic E-state index is 0.124. The third-order valence-electron chi connectivity index (χ3n) is 6.36. The van der Waals surface area contributed by atoms with E-state index in [9.17, 15) is 0 Å². The summed E-state index contributed by atoms with van der Waals surface area (Å²) in [5, 5.41) is 15.2. The van der Waals surface area contributed by atoms with Crippen LogP contribution in [0.15, 0.2) is 41.8 Å². The number of nitrogens with zero attached hydrogens (tertiary/aromatic N) is 6. The van der Waals surface area contributed by atoms with Gasteiger partial charge in [-0.05, 0) is 59.0 Å². The molecular formula is C22H28N6OS. The van der Waals surface area contributed by atoms with Crippen molar-refractivity contribution in [3.63, 3.8) is 0 Å². The molecule has 3 aromatic rings. The molecule has 30 heavy (non-hydrogen) atoms. The summed E-state index contributed by atoms with van der Waals surface area (Å²) < 4.78 is 7.41. The predicted octanol–water partition coefficient (Wildman–Crippen LogP) is 3.77. The minimum Gasteiger partial charge on any atom is -0.497 e. The highest BCUT2D eigenvalue weighted by Crippen LogP contribution is 2.36. The molecule has 1 aliphatic carbocycles. The average molecular weight is 425 g/mol. The zero-order chi connectivity index (χ0) is 20.3. The maximum Gasteiger partial charge on any atom is 0.174 e. The molecule has 0 spiro atoms. The van der Waals surface area contributed by atoms with E-state index in [1.54, 1.807) is 18.4 Å². The Morgan fingerprint density at radius 2 is 1.80 bits per heavy atom. The third kappa shape index (κ3) is 3.81. The smallest absolute Gasteiger partial charge is 0.174 e. The van der Waals surface area contributed by atoms with E-state index in [1.165, 1.54) is 36.2 Å². The fourth-order valence-electron chi connectivity index (χ4n) is 4.74. The number of anilines is 1. The normalized spacial score (nSPS) is 19.3.